The largest absolute Gasteiger partial charge is 0.493 e. The van der Waals surface area contributed by atoms with E-state index in [9.17, 15) is 14.0 Å². The molecule has 4 aromatic rings. The Kier molecular flexibility index (Phi) is 7.35. The van der Waals surface area contributed by atoms with E-state index in [2.05, 4.69) is 10.3 Å². The molecule has 2 amide bonds. The molecule has 9 nitrogen and oxygen atoms in total. The zero-order valence-electron chi connectivity index (χ0n) is 22.9. The van der Waals surface area contributed by atoms with Crippen molar-refractivity contribution in [2.75, 3.05) is 32.5 Å². The molecule has 4 heterocycles. The van der Waals surface area contributed by atoms with E-state index in [4.69, 9.17) is 19.9 Å². The number of rotatable bonds is 2. The van der Waals surface area contributed by atoms with Gasteiger partial charge in [0.2, 0.25) is 0 Å². The van der Waals surface area contributed by atoms with E-state index in [1.54, 1.807) is 25.3 Å². The highest BCUT2D eigenvalue weighted by atomic mass is 19.1. The molecular weight excluding hydrogens is 539 g/mol. The number of anilines is 1. The molecule has 1 unspecified atom stereocenters. The first kappa shape index (κ1) is 27.1. The van der Waals surface area contributed by atoms with Crippen molar-refractivity contribution in [3.05, 3.63) is 107 Å². The summed E-state index contributed by atoms with van der Waals surface area (Å²) in [5.41, 5.74) is 8.87. The van der Waals surface area contributed by atoms with Crippen molar-refractivity contribution >= 4 is 17.6 Å². The number of nitrogens with one attached hydrogen (secondary N) is 1. The van der Waals surface area contributed by atoms with Crippen LogP contribution >= 0.6 is 0 Å². The Morgan fingerprint density at radius 3 is 2.74 bits per heavy atom. The van der Waals surface area contributed by atoms with E-state index in [0.717, 1.165) is 16.7 Å². The second-order valence-electron chi connectivity index (χ2n) is 10.1. The summed E-state index contributed by atoms with van der Waals surface area (Å²) in [7, 11) is 1.56. The monoisotopic (exact) mass is 568 g/mol. The molecular formula is C32H29FN4O5. The Hall–Kier alpha value is -5.12. The quantitative estimate of drug-likeness (QED) is 0.353. The van der Waals surface area contributed by atoms with Crippen LogP contribution in [0.25, 0.3) is 0 Å². The van der Waals surface area contributed by atoms with Crippen LogP contribution in [-0.4, -0.2) is 48.5 Å². The van der Waals surface area contributed by atoms with Gasteiger partial charge in [-0.2, -0.15) is 0 Å². The molecule has 1 aromatic heterocycles. The highest BCUT2D eigenvalue weighted by Gasteiger charge is 2.34. The number of benzene rings is 3. The molecule has 3 aromatic carbocycles. The van der Waals surface area contributed by atoms with Crippen LogP contribution in [0.3, 0.4) is 0 Å². The maximum absolute atomic E-state index is 14.5. The summed E-state index contributed by atoms with van der Waals surface area (Å²) in [5, 5.41) is 2.74. The Morgan fingerprint density at radius 2 is 1.93 bits per heavy atom. The van der Waals surface area contributed by atoms with Crippen LogP contribution < -0.4 is 25.3 Å². The third-order valence-corrected chi connectivity index (χ3v) is 7.42. The van der Waals surface area contributed by atoms with Crippen LogP contribution in [-0.2, 0) is 6.42 Å². The number of methoxy groups -OCH3 is 1. The van der Waals surface area contributed by atoms with Crippen molar-refractivity contribution < 1.29 is 28.2 Å². The topological polar surface area (TPSA) is 116 Å². The molecule has 0 fully saturated rings. The molecule has 3 aliphatic rings. The Bertz CT molecular complexity index is 1660. The van der Waals surface area contributed by atoms with Crippen LogP contribution in [0.15, 0.2) is 72.9 Å². The van der Waals surface area contributed by atoms with Gasteiger partial charge in [-0.1, -0.05) is 12.1 Å². The molecule has 0 saturated carbocycles. The van der Waals surface area contributed by atoms with E-state index in [1.807, 2.05) is 35.2 Å². The molecule has 7 rings (SSSR count). The highest BCUT2D eigenvalue weighted by Crippen LogP contribution is 2.41. The van der Waals surface area contributed by atoms with Gasteiger partial charge in [0.25, 0.3) is 11.8 Å². The van der Waals surface area contributed by atoms with Gasteiger partial charge in [-0.25, -0.2) is 9.37 Å². The first-order valence-corrected chi connectivity index (χ1v) is 13.6. The van der Waals surface area contributed by atoms with Crippen molar-refractivity contribution in [2.45, 2.75) is 18.9 Å². The van der Waals surface area contributed by atoms with Gasteiger partial charge in [-0.3, -0.25) is 9.59 Å². The standard InChI is InChI=1S/C32H29FN4O5/c1-40-27-9-3-20-16-28(27)41-14-2-12-35-31(38)25-17-23(6-8-26(25)33)42-22-5-7-24-19(15-22)11-13-37(30(20)24)32(39)21-4-10-29(34)36-18-21/h3-10,15-18,30H,2,11-14H2,1H3,(H2,34,36)(H,35,38). The SMILES string of the molecule is COc1ccc2cc1OCCCNC(=O)c1cc(ccc1F)Oc1ccc3c(c1)CCN(C(=O)c1ccc(N)nc1)C23. The number of nitrogens with zero attached hydrogens (tertiary/aromatic N) is 2. The Balaban J connectivity index is 1.45. The molecule has 42 heavy (non-hydrogen) atoms. The first-order chi connectivity index (χ1) is 20.4. The number of hydrogen-bond acceptors (Lipinski definition) is 7. The molecule has 0 radical (unpaired) electrons. The third kappa shape index (κ3) is 5.30. The van der Waals surface area contributed by atoms with E-state index in [-0.39, 0.29) is 24.6 Å². The summed E-state index contributed by atoms with van der Waals surface area (Å²) in [6.07, 6.45) is 2.54. The molecule has 8 bridgehead atoms. The number of aromatic nitrogens is 1. The van der Waals surface area contributed by atoms with Crippen molar-refractivity contribution in [3.63, 3.8) is 0 Å². The van der Waals surface area contributed by atoms with Crippen molar-refractivity contribution in [3.8, 4) is 23.0 Å². The second-order valence-corrected chi connectivity index (χ2v) is 10.1. The van der Waals surface area contributed by atoms with Gasteiger partial charge in [0.05, 0.1) is 30.9 Å². The number of carbonyl (C=O) groups excluding carboxylic acids is 2. The molecule has 0 spiro atoms. The first-order valence-electron chi connectivity index (χ1n) is 13.6. The fourth-order valence-corrected chi connectivity index (χ4v) is 5.35. The van der Waals surface area contributed by atoms with Crippen LogP contribution in [0.4, 0.5) is 10.2 Å². The molecule has 10 heteroatoms. The fraction of sp³-hybridized carbons (Fsp3) is 0.219. The number of carbonyl (C=O) groups is 2. The number of nitrogen functional groups attached to an aromatic ring is 1. The van der Waals surface area contributed by atoms with Crippen LogP contribution in [0, 0.1) is 5.82 Å². The average Bonchev–Trinajstić information content (AvgIpc) is 3.00. The van der Waals surface area contributed by atoms with Crippen LogP contribution in [0.2, 0.25) is 0 Å². The number of ether oxygens (including phenoxy) is 3. The van der Waals surface area contributed by atoms with Gasteiger partial charge in [-0.15, -0.1) is 0 Å². The van der Waals surface area contributed by atoms with E-state index in [1.165, 1.54) is 24.4 Å². The van der Waals surface area contributed by atoms with Gasteiger partial charge in [0.1, 0.15) is 23.1 Å². The minimum absolute atomic E-state index is 0.103. The number of nitrogens with two attached hydrogens (primary N) is 1. The van der Waals surface area contributed by atoms with E-state index in [0.29, 0.717) is 53.8 Å². The van der Waals surface area contributed by atoms with Gasteiger partial charge < -0.3 is 30.2 Å². The maximum atomic E-state index is 14.5. The predicted octanol–water partition coefficient (Wildman–Crippen LogP) is 4.90. The smallest absolute Gasteiger partial charge is 0.256 e. The average molecular weight is 569 g/mol. The van der Waals surface area contributed by atoms with Crippen LogP contribution in [0.1, 0.15) is 49.9 Å². The van der Waals surface area contributed by atoms with Crippen LogP contribution in [0.5, 0.6) is 23.0 Å². The van der Waals surface area contributed by atoms with E-state index >= 15 is 0 Å². The summed E-state index contributed by atoms with van der Waals surface area (Å²) < 4.78 is 32.2. The lowest BCUT2D eigenvalue weighted by Gasteiger charge is -2.38. The lowest BCUT2D eigenvalue weighted by molar-refractivity contribution is 0.0693. The van der Waals surface area contributed by atoms with Gasteiger partial charge >= 0.3 is 0 Å². The van der Waals surface area contributed by atoms with Crippen molar-refractivity contribution in [2.24, 2.45) is 0 Å². The molecule has 214 valence electrons. The number of halogens is 1. The Labute approximate surface area is 242 Å². The number of pyridine rings is 1. The Morgan fingerprint density at radius 1 is 1.10 bits per heavy atom. The molecule has 3 aliphatic heterocycles. The summed E-state index contributed by atoms with van der Waals surface area (Å²) in [4.78, 5) is 32.5. The third-order valence-electron chi connectivity index (χ3n) is 7.42. The number of amides is 2. The second kappa shape index (κ2) is 11.4. The summed E-state index contributed by atoms with van der Waals surface area (Å²) in [5.74, 6) is 0.914. The van der Waals surface area contributed by atoms with Crippen molar-refractivity contribution in [1.29, 1.82) is 0 Å². The van der Waals surface area contributed by atoms with Gasteiger partial charge in [0, 0.05) is 19.3 Å². The molecule has 0 saturated heterocycles. The number of fused-ring (bicyclic) bond motifs is 6. The summed E-state index contributed by atoms with van der Waals surface area (Å²) in [6, 6.07) is 18.2. The zero-order valence-corrected chi connectivity index (χ0v) is 22.9. The minimum Gasteiger partial charge on any atom is -0.493 e. The molecule has 1 atom stereocenters. The lowest BCUT2D eigenvalue weighted by atomic mass is 9.87. The number of hydrogen-bond donors (Lipinski definition) is 2. The molecule has 0 aliphatic carbocycles. The van der Waals surface area contributed by atoms with E-state index < -0.39 is 17.8 Å². The summed E-state index contributed by atoms with van der Waals surface area (Å²) >= 11 is 0. The van der Waals surface area contributed by atoms with Gasteiger partial charge in [0.15, 0.2) is 11.5 Å². The highest BCUT2D eigenvalue weighted by molar-refractivity contribution is 5.95. The predicted molar refractivity (Wildman–Crippen MR) is 154 cm³/mol. The lowest BCUT2D eigenvalue weighted by Crippen LogP contribution is -2.40. The zero-order chi connectivity index (χ0) is 29.2. The normalized spacial score (nSPS) is 16.4. The van der Waals surface area contributed by atoms with Crippen molar-refractivity contribution in [1.82, 2.24) is 15.2 Å². The molecule has 3 N–H and O–H groups in total. The fourth-order valence-electron chi connectivity index (χ4n) is 5.35. The maximum Gasteiger partial charge on any atom is 0.256 e. The van der Waals surface area contributed by atoms with Gasteiger partial charge in [-0.05, 0) is 84.1 Å². The minimum atomic E-state index is -0.638. The summed E-state index contributed by atoms with van der Waals surface area (Å²) in [6.45, 7) is 0.986.